The van der Waals surface area contributed by atoms with Gasteiger partial charge in [0, 0.05) is 12.1 Å². The van der Waals surface area contributed by atoms with Gasteiger partial charge in [0.2, 0.25) is 11.5 Å². The fraction of sp³-hybridized carbons (Fsp3) is 0.455. The molecule has 0 saturated carbocycles. The Kier molecular flexibility index (Phi) is 6.27. The minimum atomic E-state index is -0.0813. The van der Waals surface area contributed by atoms with E-state index in [0.717, 1.165) is 29.7 Å². The van der Waals surface area contributed by atoms with Gasteiger partial charge in [-0.05, 0) is 42.8 Å². The number of hydrogen-bond donors (Lipinski definition) is 0. The third-order valence-electron chi connectivity index (χ3n) is 5.40. The third kappa shape index (κ3) is 3.51. The predicted octanol–water partition coefficient (Wildman–Crippen LogP) is 3.32. The minimum Gasteiger partial charge on any atom is -0.493 e. The van der Waals surface area contributed by atoms with Crippen LogP contribution in [0.25, 0.3) is 0 Å². The van der Waals surface area contributed by atoms with E-state index in [0.29, 0.717) is 34.5 Å². The molecule has 0 saturated heterocycles. The van der Waals surface area contributed by atoms with Crippen LogP contribution in [-0.4, -0.2) is 61.2 Å². The van der Waals surface area contributed by atoms with Gasteiger partial charge in [-0.2, -0.15) is 0 Å². The van der Waals surface area contributed by atoms with Gasteiger partial charge in [-0.3, -0.25) is 4.90 Å². The van der Waals surface area contributed by atoms with Crippen LogP contribution in [0.3, 0.4) is 0 Å². The zero-order valence-corrected chi connectivity index (χ0v) is 18.1. The molecule has 0 aliphatic carbocycles. The summed E-state index contributed by atoms with van der Waals surface area (Å²) in [6.07, 6.45) is 0.878. The third-order valence-corrected chi connectivity index (χ3v) is 5.40. The number of ether oxygens (including phenoxy) is 6. The lowest BCUT2D eigenvalue weighted by atomic mass is 9.86. The first-order valence-corrected chi connectivity index (χ1v) is 9.36. The number of methoxy groups -OCH3 is 6. The highest BCUT2D eigenvalue weighted by molar-refractivity contribution is 5.64. The number of hydrogen-bond acceptors (Lipinski definition) is 7. The molecule has 3 rings (SSSR count). The molecule has 0 radical (unpaired) electrons. The Morgan fingerprint density at radius 3 is 1.69 bits per heavy atom. The van der Waals surface area contributed by atoms with Crippen molar-refractivity contribution in [1.82, 2.24) is 4.90 Å². The second-order valence-corrected chi connectivity index (χ2v) is 6.81. The van der Waals surface area contributed by atoms with Crippen LogP contribution in [0.1, 0.15) is 22.7 Å². The van der Waals surface area contributed by atoms with Crippen molar-refractivity contribution >= 4 is 0 Å². The topological polar surface area (TPSA) is 58.6 Å². The van der Waals surface area contributed by atoms with E-state index in [2.05, 4.69) is 11.9 Å². The molecular weight excluding hydrogens is 374 g/mol. The normalized spacial score (nSPS) is 16.0. The number of benzene rings is 2. The van der Waals surface area contributed by atoms with Crippen molar-refractivity contribution in [1.29, 1.82) is 0 Å². The summed E-state index contributed by atoms with van der Waals surface area (Å²) in [5.74, 6) is 3.71. The quantitative estimate of drug-likeness (QED) is 0.703. The summed E-state index contributed by atoms with van der Waals surface area (Å²) < 4.78 is 33.6. The monoisotopic (exact) mass is 403 g/mol. The van der Waals surface area contributed by atoms with Gasteiger partial charge < -0.3 is 28.4 Å². The number of likely N-dealkylation sites (N-methyl/N-ethyl adjacent to an activating group) is 1. The average Bonchev–Trinajstić information content (AvgIpc) is 2.76. The molecule has 7 nitrogen and oxygen atoms in total. The Labute approximate surface area is 172 Å². The van der Waals surface area contributed by atoms with Gasteiger partial charge in [0.05, 0.1) is 48.7 Å². The molecule has 2 aromatic carbocycles. The molecule has 1 aliphatic heterocycles. The molecule has 1 atom stereocenters. The molecule has 0 bridgehead atoms. The molecule has 0 N–H and O–H groups in total. The molecular formula is C22H29NO6. The molecule has 7 heteroatoms. The molecule has 2 aromatic rings. The lowest BCUT2D eigenvalue weighted by Crippen LogP contribution is -2.33. The van der Waals surface area contributed by atoms with E-state index >= 15 is 0 Å². The fourth-order valence-corrected chi connectivity index (χ4v) is 4.06. The molecule has 0 aromatic heterocycles. The van der Waals surface area contributed by atoms with Crippen molar-refractivity contribution < 1.29 is 28.4 Å². The number of nitrogens with zero attached hydrogens (tertiary/aromatic N) is 1. The van der Waals surface area contributed by atoms with Gasteiger partial charge in [0.15, 0.2) is 23.0 Å². The van der Waals surface area contributed by atoms with E-state index in [4.69, 9.17) is 28.4 Å². The van der Waals surface area contributed by atoms with Crippen LogP contribution in [0.2, 0.25) is 0 Å². The highest BCUT2D eigenvalue weighted by atomic mass is 16.5. The van der Waals surface area contributed by atoms with Crippen molar-refractivity contribution in [2.24, 2.45) is 0 Å². The largest absolute Gasteiger partial charge is 0.493 e. The van der Waals surface area contributed by atoms with Crippen LogP contribution >= 0.6 is 0 Å². The molecule has 0 unspecified atom stereocenters. The number of fused-ring (bicyclic) bond motifs is 1. The molecule has 0 amide bonds. The van der Waals surface area contributed by atoms with E-state index < -0.39 is 0 Å². The van der Waals surface area contributed by atoms with Crippen molar-refractivity contribution in [3.05, 3.63) is 34.9 Å². The smallest absolute Gasteiger partial charge is 0.203 e. The first-order chi connectivity index (χ1) is 14.0. The fourth-order valence-electron chi connectivity index (χ4n) is 4.06. The van der Waals surface area contributed by atoms with Crippen molar-refractivity contribution in [3.8, 4) is 34.5 Å². The molecule has 158 valence electrons. The summed E-state index contributed by atoms with van der Waals surface area (Å²) in [7, 11) is 11.8. The van der Waals surface area contributed by atoms with Gasteiger partial charge in [-0.25, -0.2) is 0 Å². The standard InChI is InChI=1S/C22H29NO6/c1-23-9-8-13-10-17(26-4)21(28-6)22(29-7)18(13)19(23)14-11-15(24-2)20(27-5)16(12-14)25-3/h10-12,19H,8-9H2,1-7H3/t19-/m0/s1. The van der Waals surface area contributed by atoms with Gasteiger partial charge >= 0.3 is 0 Å². The van der Waals surface area contributed by atoms with Crippen LogP contribution in [-0.2, 0) is 6.42 Å². The van der Waals surface area contributed by atoms with E-state index in [1.54, 1.807) is 42.7 Å². The Bertz CT molecular complexity index is 857. The molecule has 29 heavy (non-hydrogen) atoms. The summed E-state index contributed by atoms with van der Waals surface area (Å²) in [4.78, 5) is 2.28. The maximum Gasteiger partial charge on any atom is 0.203 e. The maximum absolute atomic E-state index is 5.82. The summed E-state index contributed by atoms with van der Waals surface area (Å²) >= 11 is 0. The second kappa shape index (κ2) is 8.69. The summed E-state index contributed by atoms with van der Waals surface area (Å²) in [5, 5.41) is 0. The highest BCUT2D eigenvalue weighted by Crippen LogP contribution is 2.50. The number of rotatable bonds is 7. The first kappa shape index (κ1) is 20.9. The summed E-state index contributed by atoms with van der Waals surface area (Å²) in [6, 6.07) is 5.91. The van der Waals surface area contributed by atoms with Crippen LogP contribution in [0.5, 0.6) is 34.5 Å². The Morgan fingerprint density at radius 1 is 0.690 bits per heavy atom. The van der Waals surface area contributed by atoms with E-state index in [1.807, 2.05) is 18.2 Å². The maximum atomic E-state index is 5.82. The molecule has 0 spiro atoms. The SMILES string of the molecule is COc1cc([C@H]2c3c(cc(OC)c(OC)c3OC)CCN2C)cc(OC)c1OC. The van der Waals surface area contributed by atoms with Gasteiger partial charge in [-0.1, -0.05) is 0 Å². The van der Waals surface area contributed by atoms with Crippen LogP contribution in [0.4, 0.5) is 0 Å². The van der Waals surface area contributed by atoms with Crippen molar-refractivity contribution in [2.45, 2.75) is 12.5 Å². The average molecular weight is 403 g/mol. The van der Waals surface area contributed by atoms with Crippen LogP contribution < -0.4 is 28.4 Å². The Balaban J connectivity index is 2.28. The zero-order chi connectivity index (χ0) is 21.1. The van der Waals surface area contributed by atoms with Crippen LogP contribution in [0, 0.1) is 0 Å². The Hall–Kier alpha value is -2.80. The van der Waals surface area contributed by atoms with Crippen molar-refractivity contribution in [2.75, 3.05) is 56.3 Å². The summed E-state index contributed by atoms with van der Waals surface area (Å²) in [6.45, 7) is 0.882. The lowest BCUT2D eigenvalue weighted by Gasteiger charge is -2.37. The highest BCUT2D eigenvalue weighted by Gasteiger charge is 2.34. The van der Waals surface area contributed by atoms with E-state index in [1.165, 1.54) is 0 Å². The second-order valence-electron chi connectivity index (χ2n) is 6.81. The minimum absolute atomic E-state index is 0.0813. The summed E-state index contributed by atoms with van der Waals surface area (Å²) in [5.41, 5.74) is 3.22. The van der Waals surface area contributed by atoms with Crippen molar-refractivity contribution in [3.63, 3.8) is 0 Å². The van der Waals surface area contributed by atoms with Crippen LogP contribution in [0.15, 0.2) is 18.2 Å². The lowest BCUT2D eigenvalue weighted by molar-refractivity contribution is 0.248. The van der Waals surface area contributed by atoms with Gasteiger partial charge in [0.25, 0.3) is 0 Å². The molecule has 1 aliphatic rings. The van der Waals surface area contributed by atoms with E-state index in [-0.39, 0.29) is 6.04 Å². The zero-order valence-electron chi connectivity index (χ0n) is 18.1. The molecule has 1 heterocycles. The van der Waals surface area contributed by atoms with E-state index in [9.17, 15) is 0 Å². The van der Waals surface area contributed by atoms with Gasteiger partial charge in [0.1, 0.15) is 0 Å². The predicted molar refractivity (Wildman–Crippen MR) is 110 cm³/mol. The van der Waals surface area contributed by atoms with Gasteiger partial charge in [-0.15, -0.1) is 0 Å². The Morgan fingerprint density at radius 2 is 1.21 bits per heavy atom. The first-order valence-electron chi connectivity index (χ1n) is 9.36. The molecule has 0 fully saturated rings.